The van der Waals surface area contributed by atoms with E-state index in [4.69, 9.17) is 9.47 Å². The number of ether oxygens (including phenoxy) is 2. The molecule has 1 N–H and O–H groups in total. The Balaban J connectivity index is 1.92. The van der Waals surface area contributed by atoms with Gasteiger partial charge < -0.3 is 19.7 Å². The molecule has 0 saturated carbocycles. The molecule has 1 heterocycles. The van der Waals surface area contributed by atoms with E-state index >= 15 is 0 Å². The number of carbonyl (C=O) groups is 2. The predicted molar refractivity (Wildman–Crippen MR) is 132 cm³/mol. The van der Waals surface area contributed by atoms with Crippen LogP contribution >= 0.6 is 0 Å². The molecule has 0 aliphatic carbocycles. The fourth-order valence-electron chi connectivity index (χ4n) is 3.79. The van der Waals surface area contributed by atoms with Crippen molar-refractivity contribution in [2.75, 3.05) is 33.9 Å². The van der Waals surface area contributed by atoms with E-state index in [1.165, 1.54) is 23.1 Å². The fourth-order valence-corrected chi connectivity index (χ4v) is 3.79. The Kier molecular flexibility index (Phi) is 8.45. The van der Waals surface area contributed by atoms with Gasteiger partial charge in [-0.2, -0.15) is 5.10 Å². The summed E-state index contributed by atoms with van der Waals surface area (Å²) in [5, 5.41) is 8.75. The number of carbonyl (C=O) groups excluding carboxylic acids is 2. The molecular weight excluding hydrogens is 451 g/mol. The Morgan fingerprint density at radius 3 is 2.57 bits per heavy atom. The summed E-state index contributed by atoms with van der Waals surface area (Å²) < 4.78 is 25.2. The number of urea groups is 1. The van der Waals surface area contributed by atoms with Crippen LogP contribution in [-0.4, -0.2) is 67.0 Å². The number of amides is 3. The second kappa shape index (κ2) is 11.3. The summed E-state index contributed by atoms with van der Waals surface area (Å²) in [6, 6.07) is 12.7. The van der Waals surface area contributed by atoms with E-state index in [2.05, 4.69) is 10.4 Å². The Labute approximate surface area is 205 Å². The molecule has 0 bridgehead atoms. The molecule has 2 aromatic carbocycles. The second-order valence-corrected chi connectivity index (χ2v) is 9.35. The number of nitrogens with zero attached hydrogens (tertiary/aromatic N) is 3. The molecular formula is C26H33FN4O4. The maximum atomic E-state index is 14.8. The first-order valence-electron chi connectivity index (χ1n) is 11.5. The van der Waals surface area contributed by atoms with Gasteiger partial charge in [0.05, 0.1) is 25.5 Å². The van der Waals surface area contributed by atoms with Gasteiger partial charge >= 0.3 is 6.03 Å². The van der Waals surface area contributed by atoms with Crippen LogP contribution in [0.15, 0.2) is 53.6 Å². The van der Waals surface area contributed by atoms with Crippen molar-refractivity contribution in [3.63, 3.8) is 0 Å². The summed E-state index contributed by atoms with van der Waals surface area (Å²) in [5.41, 5.74) is 1.30. The van der Waals surface area contributed by atoms with Crippen molar-refractivity contribution >= 4 is 17.6 Å². The van der Waals surface area contributed by atoms with Gasteiger partial charge in [0.25, 0.3) is 5.91 Å². The zero-order valence-electron chi connectivity index (χ0n) is 20.9. The summed E-state index contributed by atoms with van der Waals surface area (Å²) in [5.74, 6) is -0.183. The Hall–Kier alpha value is -3.46. The van der Waals surface area contributed by atoms with Gasteiger partial charge in [0, 0.05) is 36.7 Å². The molecule has 9 heteroatoms. The highest BCUT2D eigenvalue weighted by molar-refractivity contribution is 6.03. The maximum absolute atomic E-state index is 14.8. The Morgan fingerprint density at radius 1 is 1.17 bits per heavy atom. The van der Waals surface area contributed by atoms with Crippen LogP contribution in [0.3, 0.4) is 0 Å². The number of benzene rings is 2. The Morgan fingerprint density at radius 2 is 1.91 bits per heavy atom. The Bertz CT molecular complexity index is 1080. The van der Waals surface area contributed by atoms with Crippen molar-refractivity contribution in [1.29, 1.82) is 0 Å². The smallest absolute Gasteiger partial charge is 0.318 e. The molecule has 0 radical (unpaired) electrons. The van der Waals surface area contributed by atoms with E-state index in [1.807, 2.05) is 45.0 Å². The maximum Gasteiger partial charge on any atom is 0.318 e. The van der Waals surface area contributed by atoms with Gasteiger partial charge in [0.15, 0.2) is 0 Å². The van der Waals surface area contributed by atoms with E-state index in [0.717, 1.165) is 5.56 Å². The summed E-state index contributed by atoms with van der Waals surface area (Å²) in [6.45, 7) is 5.83. The summed E-state index contributed by atoms with van der Waals surface area (Å²) in [7, 11) is 3.10. The number of hydrogen-bond donors (Lipinski definition) is 1. The van der Waals surface area contributed by atoms with E-state index in [1.54, 1.807) is 25.3 Å². The van der Waals surface area contributed by atoms with Gasteiger partial charge in [-0.15, -0.1) is 0 Å². The van der Waals surface area contributed by atoms with Crippen molar-refractivity contribution in [3.05, 3.63) is 65.5 Å². The van der Waals surface area contributed by atoms with E-state index in [9.17, 15) is 14.0 Å². The highest BCUT2D eigenvalue weighted by atomic mass is 19.1. The van der Waals surface area contributed by atoms with Gasteiger partial charge in [-0.1, -0.05) is 30.3 Å². The van der Waals surface area contributed by atoms with E-state index in [-0.39, 0.29) is 25.7 Å². The first-order chi connectivity index (χ1) is 16.6. The first kappa shape index (κ1) is 26.2. The average molecular weight is 485 g/mol. The molecule has 0 unspecified atom stereocenters. The van der Waals surface area contributed by atoms with Crippen molar-refractivity contribution in [1.82, 2.24) is 15.2 Å². The molecule has 0 fully saturated rings. The minimum Gasteiger partial charge on any atom is -0.497 e. The molecule has 188 valence electrons. The quantitative estimate of drug-likeness (QED) is 0.615. The molecule has 1 aliphatic heterocycles. The SMILES string of the molecule is COCCN(CC(=O)N1N=C(c2cccc(OC)c2)C[C@@H]1c1ccccc1F)C(=O)NC(C)(C)C. The van der Waals surface area contributed by atoms with Gasteiger partial charge in [-0.25, -0.2) is 14.2 Å². The topological polar surface area (TPSA) is 83.5 Å². The lowest BCUT2D eigenvalue weighted by Crippen LogP contribution is -2.52. The van der Waals surface area contributed by atoms with Crippen LogP contribution in [0.4, 0.5) is 9.18 Å². The van der Waals surface area contributed by atoms with E-state index in [0.29, 0.717) is 23.4 Å². The lowest BCUT2D eigenvalue weighted by Gasteiger charge is -2.30. The number of rotatable bonds is 8. The minimum absolute atomic E-state index is 0.217. The molecule has 3 amide bonds. The van der Waals surface area contributed by atoms with Crippen LogP contribution in [-0.2, 0) is 9.53 Å². The van der Waals surface area contributed by atoms with Crippen molar-refractivity contribution in [2.45, 2.75) is 38.8 Å². The van der Waals surface area contributed by atoms with Crippen molar-refractivity contribution < 1.29 is 23.5 Å². The first-order valence-corrected chi connectivity index (χ1v) is 11.5. The number of nitrogens with one attached hydrogen (secondary N) is 1. The lowest BCUT2D eigenvalue weighted by atomic mass is 9.98. The standard InChI is InChI=1S/C26H33FN4O4/c1-26(2,3)28-25(33)30(13-14-34-4)17-24(32)31-23(20-11-6-7-12-21(20)27)16-22(29-31)18-9-8-10-19(15-18)35-5/h6-12,15,23H,13-14,16-17H2,1-5H3,(H,28,33)/t23-/m1/s1. The monoisotopic (exact) mass is 484 g/mol. The highest BCUT2D eigenvalue weighted by Gasteiger charge is 2.36. The van der Waals surface area contributed by atoms with Gasteiger partial charge in [0.1, 0.15) is 18.1 Å². The van der Waals surface area contributed by atoms with E-state index < -0.39 is 23.3 Å². The molecule has 2 aromatic rings. The summed E-state index contributed by atoms with van der Waals surface area (Å²) in [6.07, 6.45) is 0.325. The van der Waals surface area contributed by atoms with Gasteiger partial charge in [-0.05, 0) is 39.0 Å². The van der Waals surface area contributed by atoms with Gasteiger partial charge in [-0.3, -0.25) is 4.79 Å². The third kappa shape index (κ3) is 6.79. The van der Waals surface area contributed by atoms with Crippen LogP contribution in [0.1, 0.15) is 44.4 Å². The molecule has 35 heavy (non-hydrogen) atoms. The van der Waals surface area contributed by atoms with Crippen LogP contribution < -0.4 is 10.1 Å². The van der Waals surface area contributed by atoms with Crippen molar-refractivity contribution in [2.24, 2.45) is 5.10 Å². The zero-order valence-corrected chi connectivity index (χ0v) is 20.9. The molecule has 0 saturated heterocycles. The van der Waals surface area contributed by atoms with Crippen LogP contribution in [0, 0.1) is 5.82 Å². The zero-order chi connectivity index (χ0) is 25.6. The van der Waals surface area contributed by atoms with Crippen LogP contribution in [0.25, 0.3) is 0 Å². The molecule has 1 atom stereocenters. The molecule has 0 aromatic heterocycles. The minimum atomic E-state index is -0.639. The van der Waals surface area contributed by atoms with Gasteiger partial charge in [0.2, 0.25) is 0 Å². The molecule has 0 spiro atoms. The number of hydrazone groups is 1. The van der Waals surface area contributed by atoms with Crippen molar-refractivity contribution in [3.8, 4) is 5.75 Å². The number of halogens is 1. The second-order valence-electron chi connectivity index (χ2n) is 9.35. The number of methoxy groups -OCH3 is 2. The largest absolute Gasteiger partial charge is 0.497 e. The summed E-state index contributed by atoms with van der Waals surface area (Å²) in [4.78, 5) is 27.7. The third-order valence-electron chi connectivity index (χ3n) is 5.49. The van der Waals surface area contributed by atoms with Crippen LogP contribution in [0.5, 0.6) is 5.75 Å². The third-order valence-corrected chi connectivity index (χ3v) is 5.49. The average Bonchev–Trinajstić information content (AvgIpc) is 3.26. The molecule has 3 rings (SSSR count). The fraction of sp³-hybridized carbons (Fsp3) is 0.423. The highest BCUT2D eigenvalue weighted by Crippen LogP contribution is 2.34. The summed E-state index contributed by atoms with van der Waals surface area (Å²) >= 11 is 0. The lowest BCUT2D eigenvalue weighted by molar-refractivity contribution is -0.133. The number of hydrogen-bond acceptors (Lipinski definition) is 5. The normalized spacial score (nSPS) is 15.5. The predicted octanol–water partition coefficient (Wildman–Crippen LogP) is 3.97. The molecule has 8 nitrogen and oxygen atoms in total. The molecule has 1 aliphatic rings. The van der Waals surface area contributed by atoms with Crippen LogP contribution in [0.2, 0.25) is 0 Å².